The number of amides is 1. The van der Waals surface area contributed by atoms with Crippen molar-refractivity contribution in [3.8, 4) is 0 Å². The van der Waals surface area contributed by atoms with Gasteiger partial charge in [0.1, 0.15) is 5.82 Å². The van der Waals surface area contributed by atoms with E-state index in [-0.39, 0.29) is 11.9 Å². The van der Waals surface area contributed by atoms with Gasteiger partial charge < -0.3 is 5.32 Å². The normalized spacial score (nSPS) is 10.9. The van der Waals surface area contributed by atoms with Crippen molar-refractivity contribution in [2.75, 3.05) is 11.1 Å². The van der Waals surface area contributed by atoms with E-state index in [0.717, 1.165) is 21.5 Å². The molecule has 4 nitrogen and oxygen atoms in total. The van der Waals surface area contributed by atoms with Crippen LogP contribution >= 0.6 is 23.4 Å². The van der Waals surface area contributed by atoms with Crippen molar-refractivity contribution in [1.82, 2.24) is 9.78 Å². The molecule has 0 aliphatic carbocycles. The van der Waals surface area contributed by atoms with Crippen LogP contribution in [0.25, 0.3) is 0 Å². The molecule has 0 radical (unpaired) electrons. The van der Waals surface area contributed by atoms with Gasteiger partial charge in [0.05, 0.1) is 6.20 Å². The monoisotopic (exact) mass is 323 g/mol. The van der Waals surface area contributed by atoms with Gasteiger partial charge in [-0.15, -0.1) is 11.8 Å². The van der Waals surface area contributed by atoms with E-state index < -0.39 is 0 Å². The third-order valence-corrected chi connectivity index (χ3v) is 4.10. The molecule has 0 aliphatic heterocycles. The van der Waals surface area contributed by atoms with Crippen molar-refractivity contribution in [2.45, 2.75) is 31.2 Å². The minimum absolute atomic E-state index is 0.00105. The fourth-order valence-electron chi connectivity index (χ4n) is 1.82. The first-order valence-electron chi connectivity index (χ1n) is 6.78. The maximum Gasteiger partial charge on any atom is 0.226 e. The fraction of sp³-hybridized carbons (Fsp3) is 0.333. The number of rotatable bonds is 6. The summed E-state index contributed by atoms with van der Waals surface area (Å²) in [7, 11) is 0. The van der Waals surface area contributed by atoms with Gasteiger partial charge in [0, 0.05) is 34.2 Å². The minimum atomic E-state index is -0.00105. The number of carbonyl (C=O) groups is 1. The molecule has 0 bridgehead atoms. The molecule has 0 saturated heterocycles. The van der Waals surface area contributed by atoms with E-state index in [1.165, 1.54) is 0 Å². The van der Waals surface area contributed by atoms with E-state index in [1.54, 1.807) is 22.6 Å². The van der Waals surface area contributed by atoms with Gasteiger partial charge in [-0.2, -0.15) is 5.10 Å². The van der Waals surface area contributed by atoms with Crippen LogP contribution in [0, 0.1) is 0 Å². The number of halogens is 1. The quantitative estimate of drug-likeness (QED) is 0.809. The molecule has 0 atom stereocenters. The number of carbonyl (C=O) groups excluding carboxylic acids is 1. The molecule has 0 spiro atoms. The smallest absolute Gasteiger partial charge is 0.226 e. The number of hydrogen-bond donors (Lipinski definition) is 1. The number of aromatic nitrogens is 2. The van der Waals surface area contributed by atoms with E-state index in [4.69, 9.17) is 11.6 Å². The van der Waals surface area contributed by atoms with E-state index in [9.17, 15) is 4.79 Å². The topological polar surface area (TPSA) is 46.9 Å². The van der Waals surface area contributed by atoms with Crippen LogP contribution in [0.5, 0.6) is 0 Å². The first-order chi connectivity index (χ1) is 10.1. The van der Waals surface area contributed by atoms with Gasteiger partial charge in [0.15, 0.2) is 0 Å². The highest BCUT2D eigenvalue weighted by Gasteiger charge is 2.09. The molecule has 0 saturated carbocycles. The summed E-state index contributed by atoms with van der Waals surface area (Å²) in [6, 6.07) is 9.65. The lowest BCUT2D eigenvalue weighted by Gasteiger charge is -2.11. The molecular weight excluding hydrogens is 306 g/mol. The van der Waals surface area contributed by atoms with Gasteiger partial charge in [0.25, 0.3) is 0 Å². The summed E-state index contributed by atoms with van der Waals surface area (Å²) in [5, 5.41) is 7.80. The second-order valence-electron chi connectivity index (χ2n) is 4.86. The van der Waals surface area contributed by atoms with E-state index >= 15 is 0 Å². The third-order valence-electron chi connectivity index (χ3n) is 2.84. The summed E-state index contributed by atoms with van der Waals surface area (Å²) in [5.41, 5.74) is 0. The molecule has 1 aromatic carbocycles. The van der Waals surface area contributed by atoms with Crippen LogP contribution in [0.4, 0.5) is 5.82 Å². The van der Waals surface area contributed by atoms with Crippen molar-refractivity contribution in [3.05, 3.63) is 41.6 Å². The van der Waals surface area contributed by atoms with E-state index in [1.807, 2.05) is 44.2 Å². The molecule has 6 heteroatoms. The number of thioether (sulfide) groups is 1. The van der Waals surface area contributed by atoms with E-state index in [0.29, 0.717) is 6.42 Å². The Balaban J connectivity index is 1.79. The third kappa shape index (κ3) is 4.79. The number of hydrogen-bond acceptors (Lipinski definition) is 3. The molecule has 1 aromatic heterocycles. The molecular formula is C15H18ClN3OS. The number of anilines is 1. The number of nitrogens with zero attached hydrogens (tertiary/aromatic N) is 2. The molecule has 0 aliphatic rings. The second kappa shape index (κ2) is 7.52. The van der Waals surface area contributed by atoms with Gasteiger partial charge in [-0.1, -0.05) is 11.6 Å². The molecule has 2 rings (SSSR count). The summed E-state index contributed by atoms with van der Waals surface area (Å²) < 4.78 is 1.80. The lowest BCUT2D eigenvalue weighted by atomic mass is 10.4. The lowest BCUT2D eigenvalue weighted by Crippen LogP contribution is -2.16. The average molecular weight is 324 g/mol. The van der Waals surface area contributed by atoms with Crippen molar-refractivity contribution in [3.63, 3.8) is 0 Å². The zero-order valence-electron chi connectivity index (χ0n) is 12.0. The Kier molecular flexibility index (Phi) is 5.70. The average Bonchev–Trinajstić information content (AvgIpc) is 2.89. The van der Waals surface area contributed by atoms with Crippen molar-refractivity contribution in [2.24, 2.45) is 0 Å². The number of nitrogens with one attached hydrogen (secondary N) is 1. The minimum Gasteiger partial charge on any atom is -0.311 e. The van der Waals surface area contributed by atoms with Gasteiger partial charge in [-0.25, -0.2) is 4.68 Å². The summed E-state index contributed by atoms with van der Waals surface area (Å²) in [6.07, 6.45) is 2.15. The molecule has 112 valence electrons. The van der Waals surface area contributed by atoms with Crippen LogP contribution < -0.4 is 5.32 Å². The Morgan fingerprint density at radius 3 is 2.71 bits per heavy atom. The summed E-state index contributed by atoms with van der Waals surface area (Å²) >= 11 is 7.47. The second-order valence-corrected chi connectivity index (χ2v) is 6.46. The van der Waals surface area contributed by atoms with Crippen molar-refractivity contribution < 1.29 is 4.79 Å². The molecule has 0 unspecified atom stereocenters. The first-order valence-corrected chi connectivity index (χ1v) is 8.14. The first kappa shape index (κ1) is 15.9. The standard InChI is InChI=1S/C15H18ClN3OS/c1-11(2)19-14(7-9-17-19)18-15(20)8-10-21-13-5-3-12(16)4-6-13/h3-7,9,11H,8,10H2,1-2H3,(H,18,20). The Labute approximate surface area is 133 Å². The molecule has 0 fully saturated rings. The predicted molar refractivity (Wildman–Crippen MR) is 88.0 cm³/mol. The Morgan fingerprint density at radius 1 is 1.33 bits per heavy atom. The maximum absolute atomic E-state index is 11.9. The van der Waals surface area contributed by atoms with Gasteiger partial charge in [-0.3, -0.25) is 4.79 Å². The van der Waals surface area contributed by atoms with Gasteiger partial charge >= 0.3 is 0 Å². The summed E-state index contributed by atoms with van der Waals surface area (Å²) in [6.45, 7) is 4.05. The highest BCUT2D eigenvalue weighted by molar-refractivity contribution is 7.99. The van der Waals surface area contributed by atoms with Crippen LogP contribution in [-0.4, -0.2) is 21.4 Å². The highest BCUT2D eigenvalue weighted by atomic mass is 35.5. The Morgan fingerprint density at radius 2 is 2.05 bits per heavy atom. The van der Waals surface area contributed by atoms with Crippen LogP contribution in [0.1, 0.15) is 26.3 Å². The van der Waals surface area contributed by atoms with Crippen LogP contribution in [0.3, 0.4) is 0 Å². The van der Waals surface area contributed by atoms with Crippen LogP contribution in [0.15, 0.2) is 41.4 Å². The molecule has 21 heavy (non-hydrogen) atoms. The summed E-state index contributed by atoms with van der Waals surface area (Å²) in [4.78, 5) is 13.1. The SMILES string of the molecule is CC(C)n1nccc1NC(=O)CCSc1ccc(Cl)cc1. The van der Waals surface area contributed by atoms with Crippen LogP contribution in [0.2, 0.25) is 5.02 Å². The van der Waals surface area contributed by atoms with E-state index in [2.05, 4.69) is 10.4 Å². The highest BCUT2D eigenvalue weighted by Crippen LogP contribution is 2.21. The van der Waals surface area contributed by atoms with Crippen molar-refractivity contribution >= 4 is 35.1 Å². The predicted octanol–water partition coefficient (Wildman–Crippen LogP) is 4.24. The zero-order valence-corrected chi connectivity index (χ0v) is 13.6. The zero-order chi connectivity index (χ0) is 15.2. The molecule has 1 heterocycles. The molecule has 2 aromatic rings. The van der Waals surface area contributed by atoms with Crippen LogP contribution in [-0.2, 0) is 4.79 Å². The maximum atomic E-state index is 11.9. The Bertz CT molecular complexity index is 595. The van der Waals surface area contributed by atoms with Gasteiger partial charge in [0.2, 0.25) is 5.91 Å². The molecule has 1 amide bonds. The Hall–Kier alpha value is -1.46. The van der Waals surface area contributed by atoms with Gasteiger partial charge in [-0.05, 0) is 38.1 Å². The number of benzene rings is 1. The summed E-state index contributed by atoms with van der Waals surface area (Å²) in [5.74, 6) is 1.47. The largest absolute Gasteiger partial charge is 0.311 e. The lowest BCUT2D eigenvalue weighted by molar-refractivity contribution is -0.115. The fourth-order valence-corrected chi connectivity index (χ4v) is 2.80. The van der Waals surface area contributed by atoms with Crippen molar-refractivity contribution in [1.29, 1.82) is 0 Å². The molecule has 1 N–H and O–H groups in total.